The minimum atomic E-state index is 1.08. The normalized spacial score (nSPS) is 11.5. The van der Waals surface area contributed by atoms with Gasteiger partial charge in [-0.25, -0.2) is 0 Å². The number of hydrogen-bond donors (Lipinski definition) is 0. The van der Waals surface area contributed by atoms with Crippen LogP contribution in [0.4, 0.5) is 34.1 Å². The molecule has 374 valence electrons. The van der Waals surface area contributed by atoms with Crippen LogP contribution in [0.2, 0.25) is 0 Å². The van der Waals surface area contributed by atoms with Gasteiger partial charge in [0.1, 0.15) is 0 Å². The second-order valence-electron chi connectivity index (χ2n) is 20.8. The SMILES string of the molecule is c1ccc(-c2ccc(-c3c4ccc(N(c5ccc6ccccc6c5)c5cccc6ccccc56)cc4c(-c4ccc(-c5ccccc5)cc4)c4ccc(N(c5ccc6ccccc6c5)c5cccc6ccccc56)cc34)cc2)cc1. The van der Waals surface area contributed by atoms with Gasteiger partial charge in [-0.1, -0.05) is 255 Å². The van der Waals surface area contributed by atoms with E-state index in [0.29, 0.717) is 0 Å². The van der Waals surface area contributed by atoms with Gasteiger partial charge in [0.05, 0.1) is 11.4 Å². The van der Waals surface area contributed by atoms with Crippen LogP contribution in [-0.4, -0.2) is 0 Å². The minimum Gasteiger partial charge on any atom is -0.310 e. The van der Waals surface area contributed by atoms with Crippen LogP contribution in [0.5, 0.6) is 0 Å². The average molecular weight is 1020 g/mol. The molecule has 15 rings (SSSR count). The van der Waals surface area contributed by atoms with Crippen LogP contribution in [0.15, 0.2) is 315 Å². The van der Waals surface area contributed by atoms with Crippen molar-refractivity contribution in [1.29, 1.82) is 0 Å². The van der Waals surface area contributed by atoms with E-state index >= 15 is 0 Å². The van der Waals surface area contributed by atoms with Crippen LogP contribution in [-0.2, 0) is 0 Å². The first kappa shape index (κ1) is 46.7. The summed E-state index contributed by atoms with van der Waals surface area (Å²) >= 11 is 0. The molecule has 2 heteroatoms. The van der Waals surface area contributed by atoms with E-state index in [4.69, 9.17) is 0 Å². The molecule has 80 heavy (non-hydrogen) atoms. The van der Waals surface area contributed by atoms with Crippen molar-refractivity contribution in [3.8, 4) is 44.5 Å². The monoisotopic (exact) mass is 1020 g/mol. The second-order valence-corrected chi connectivity index (χ2v) is 20.8. The van der Waals surface area contributed by atoms with Crippen molar-refractivity contribution in [3.63, 3.8) is 0 Å². The van der Waals surface area contributed by atoms with E-state index in [1.165, 1.54) is 98.0 Å². The third-order valence-electron chi connectivity index (χ3n) is 16.2. The Morgan fingerprint density at radius 1 is 0.163 bits per heavy atom. The highest BCUT2D eigenvalue weighted by Crippen LogP contribution is 2.50. The van der Waals surface area contributed by atoms with Crippen LogP contribution < -0.4 is 9.80 Å². The highest BCUT2D eigenvalue weighted by molar-refractivity contribution is 6.23. The van der Waals surface area contributed by atoms with E-state index in [9.17, 15) is 0 Å². The molecule has 0 aliphatic carbocycles. The molecule has 0 aromatic heterocycles. The highest BCUT2D eigenvalue weighted by atomic mass is 15.1. The summed E-state index contributed by atoms with van der Waals surface area (Å²) < 4.78 is 0. The van der Waals surface area contributed by atoms with Gasteiger partial charge in [0.15, 0.2) is 0 Å². The fraction of sp³-hybridized carbons (Fsp3) is 0. The summed E-state index contributed by atoms with van der Waals surface area (Å²) in [5.41, 5.74) is 16.0. The maximum Gasteiger partial charge on any atom is 0.0540 e. The minimum absolute atomic E-state index is 1.08. The molecule has 0 heterocycles. The van der Waals surface area contributed by atoms with Gasteiger partial charge in [-0.3, -0.25) is 0 Å². The van der Waals surface area contributed by atoms with Crippen LogP contribution in [0.1, 0.15) is 0 Å². The lowest BCUT2D eigenvalue weighted by Crippen LogP contribution is -2.11. The first-order valence-corrected chi connectivity index (χ1v) is 27.6. The largest absolute Gasteiger partial charge is 0.310 e. The molecular formula is C78H52N2. The topological polar surface area (TPSA) is 6.48 Å². The first-order chi connectivity index (χ1) is 39.7. The molecule has 0 aliphatic heterocycles. The zero-order chi connectivity index (χ0) is 52.9. The number of hydrogen-bond acceptors (Lipinski definition) is 2. The Balaban J connectivity index is 1.04. The van der Waals surface area contributed by atoms with E-state index in [2.05, 4.69) is 325 Å². The molecule has 0 spiro atoms. The van der Waals surface area contributed by atoms with E-state index in [-0.39, 0.29) is 0 Å². The summed E-state index contributed by atoms with van der Waals surface area (Å²) in [6, 6.07) is 116. The molecule has 15 aromatic carbocycles. The van der Waals surface area contributed by atoms with Crippen LogP contribution in [0, 0.1) is 0 Å². The quantitative estimate of drug-likeness (QED) is 0.126. The molecular weight excluding hydrogens is 965 g/mol. The molecule has 0 bridgehead atoms. The Hall–Kier alpha value is -10.5. The van der Waals surface area contributed by atoms with Crippen molar-refractivity contribution in [2.75, 3.05) is 9.80 Å². The highest BCUT2D eigenvalue weighted by Gasteiger charge is 2.24. The Morgan fingerprint density at radius 3 is 0.900 bits per heavy atom. The molecule has 0 unspecified atom stereocenters. The predicted octanol–water partition coefficient (Wildman–Crippen LogP) is 22.2. The third kappa shape index (κ3) is 8.30. The van der Waals surface area contributed by atoms with E-state index in [1.54, 1.807) is 0 Å². The lowest BCUT2D eigenvalue weighted by atomic mass is 9.84. The van der Waals surface area contributed by atoms with Gasteiger partial charge >= 0.3 is 0 Å². The van der Waals surface area contributed by atoms with Crippen molar-refractivity contribution in [2.45, 2.75) is 0 Å². The fourth-order valence-corrected chi connectivity index (χ4v) is 12.3. The Morgan fingerprint density at radius 2 is 0.475 bits per heavy atom. The predicted molar refractivity (Wildman–Crippen MR) is 343 cm³/mol. The average Bonchev–Trinajstić information content (AvgIpc) is 3.58. The lowest BCUT2D eigenvalue weighted by molar-refractivity contribution is 1.31. The maximum absolute atomic E-state index is 2.46. The van der Waals surface area contributed by atoms with Crippen LogP contribution in [0.3, 0.4) is 0 Å². The van der Waals surface area contributed by atoms with Crippen molar-refractivity contribution >= 4 is 98.8 Å². The Bertz CT molecular complexity index is 4490. The molecule has 0 atom stereocenters. The van der Waals surface area contributed by atoms with Gasteiger partial charge in [0, 0.05) is 33.5 Å². The van der Waals surface area contributed by atoms with Gasteiger partial charge in [0.2, 0.25) is 0 Å². The second kappa shape index (κ2) is 19.8. The molecule has 0 fully saturated rings. The Kier molecular flexibility index (Phi) is 11.6. The standard InChI is InChI=1S/C78H52N2/c1-3-17-53(18-4-1)57-33-37-61(38-34-57)77-71-47-45-68(80(66-44-42-56-22-8-10-26-64(56)50-66)76-32-16-28-60-24-12-14-30-70(60)76)52-74(71)78(62-39-35-58(36-40-62)54-19-5-2-6-20-54)72-48-46-67(51-73(72)77)79(65-43-41-55-21-7-9-25-63(55)49-65)75-31-15-27-59-23-11-13-29-69(59)75/h1-52H. The number of rotatable bonds is 10. The maximum atomic E-state index is 2.46. The van der Waals surface area contributed by atoms with Gasteiger partial charge < -0.3 is 9.80 Å². The first-order valence-electron chi connectivity index (χ1n) is 27.6. The number of anilines is 6. The summed E-state index contributed by atoms with van der Waals surface area (Å²) in [5, 5.41) is 14.3. The lowest BCUT2D eigenvalue weighted by Gasteiger charge is -2.29. The molecule has 0 radical (unpaired) electrons. The molecule has 15 aromatic rings. The molecule has 0 aliphatic rings. The van der Waals surface area contributed by atoms with Crippen molar-refractivity contribution < 1.29 is 0 Å². The van der Waals surface area contributed by atoms with Gasteiger partial charge in [0.25, 0.3) is 0 Å². The summed E-state index contributed by atoms with van der Waals surface area (Å²) in [7, 11) is 0. The molecule has 0 N–H and O–H groups in total. The Labute approximate surface area is 465 Å². The fourth-order valence-electron chi connectivity index (χ4n) is 12.3. The molecule has 0 saturated heterocycles. The van der Waals surface area contributed by atoms with Gasteiger partial charge in [-0.15, -0.1) is 0 Å². The summed E-state index contributed by atoms with van der Waals surface area (Å²) in [6.07, 6.45) is 0. The summed E-state index contributed by atoms with van der Waals surface area (Å²) in [5.74, 6) is 0. The summed E-state index contributed by atoms with van der Waals surface area (Å²) in [4.78, 5) is 4.92. The van der Waals surface area contributed by atoms with Crippen LogP contribution >= 0.6 is 0 Å². The number of fused-ring (bicyclic) bond motifs is 6. The number of nitrogens with zero attached hydrogens (tertiary/aromatic N) is 2. The zero-order valence-electron chi connectivity index (χ0n) is 43.9. The van der Waals surface area contributed by atoms with Crippen LogP contribution in [0.25, 0.3) is 109 Å². The molecule has 0 saturated carbocycles. The van der Waals surface area contributed by atoms with E-state index in [1.807, 2.05) is 0 Å². The van der Waals surface area contributed by atoms with Crippen molar-refractivity contribution in [2.24, 2.45) is 0 Å². The van der Waals surface area contributed by atoms with E-state index < -0.39 is 0 Å². The van der Waals surface area contributed by atoms with Gasteiger partial charge in [-0.2, -0.15) is 0 Å². The van der Waals surface area contributed by atoms with E-state index in [0.717, 1.165) is 45.3 Å². The van der Waals surface area contributed by atoms with Crippen molar-refractivity contribution in [1.82, 2.24) is 0 Å². The molecule has 0 amide bonds. The van der Waals surface area contributed by atoms with Crippen molar-refractivity contribution in [3.05, 3.63) is 315 Å². The van der Waals surface area contributed by atoms with Gasteiger partial charge in [-0.05, 0) is 159 Å². The zero-order valence-corrected chi connectivity index (χ0v) is 43.9. The summed E-state index contributed by atoms with van der Waals surface area (Å²) in [6.45, 7) is 0. The number of benzene rings is 15. The molecule has 2 nitrogen and oxygen atoms in total. The third-order valence-corrected chi connectivity index (χ3v) is 16.2. The smallest absolute Gasteiger partial charge is 0.0540 e.